The van der Waals surface area contributed by atoms with Crippen molar-refractivity contribution in [2.45, 2.75) is 18.9 Å². The molecule has 130 valence electrons. The van der Waals surface area contributed by atoms with Crippen molar-refractivity contribution in [2.75, 3.05) is 26.2 Å². The zero-order valence-electron chi connectivity index (χ0n) is 13.1. The fourth-order valence-corrected chi connectivity index (χ4v) is 2.32. The van der Waals surface area contributed by atoms with E-state index in [1.54, 1.807) is 17.0 Å². The SMILES string of the molecule is O=C(O)CC1CN(C(=O)CCNC(=O)C=Cc2ccco2)CCO1. The summed E-state index contributed by atoms with van der Waals surface area (Å²) in [6.45, 7) is 1.22. The predicted molar refractivity (Wildman–Crippen MR) is 83.9 cm³/mol. The molecule has 24 heavy (non-hydrogen) atoms. The van der Waals surface area contributed by atoms with Gasteiger partial charge in [-0.05, 0) is 18.2 Å². The summed E-state index contributed by atoms with van der Waals surface area (Å²) in [7, 11) is 0. The van der Waals surface area contributed by atoms with Gasteiger partial charge in [-0.2, -0.15) is 0 Å². The van der Waals surface area contributed by atoms with Gasteiger partial charge in [0.25, 0.3) is 0 Å². The molecule has 1 aliphatic rings. The van der Waals surface area contributed by atoms with Crippen LogP contribution in [0.5, 0.6) is 0 Å². The summed E-state index contributed by atoms with van der Waals surface area (Å²) in [5, 5.41) is 11.4. The lowest BCUT2D eigenvalue weighted by molar-refractivity contribution is -0.147. The van der Waals surface area contributed by atoms with Gasteiger partial charge in [0.1, 0.15) is 5.76 Å². The van der Waals surface area contributed by atoms with Crippen LogP contribution in [0.3, 0.4) is 0 Å². The minimum absolute atomic E-state index is 0.127. The molecule has 0 aromatic carbocycles. The third-order valence-electron chi connectivity index (χ3n) is 3.47. The molecule has 1 unspecified atom stereocenters. The van der Waals surface area contributed by atoms with Crippen LogP contribution in [0.4, 0.5) is 0 Å². The number of carboxylic acids is 1. The van der Waals surface area contributed by atoms with E-state index in [1.165, 1.54) is 18.4 Å². The highest BCUT2D eigenvalue weighted by Gasteiger charge is 2.25. The summed E-state index contributed by atoms with van der Waals surface area (Å²) < 4.78 is 10.4. The van der Waals surface area contributed by atoms with Gasteiger partial charge in [-0.15, -0.1) is 0 Å². The molecule has 0 saturated carbocycles. The molecule has 2 rings (SSSR count). The van der Waals surface area contributed by atoms with Crippen LogP contribution in [-0.2, 0) is 19.1 Å². The van der Waals surface area contributed by atoms with Crippen molar-refractivity contribution in [3.8, 4) is 0 Å². The molecular formula is C16H20N2O6. The second-order valence-electron chi connectivity index (χ2n) is 5.32. The molecule has 0 bridgehead atoms. The Kier molecular flexibility index (Phi) is 6.56. The third-order valence-corrected chi connectivity index (χ3v) is 3.47. The first-order valence-electron chi connectivity index (χ1n) is 7.65. The normalized spacial score (nSPS) is 17.8. The van der Waals surface area contributed by atoms with E-state index in [0.29, 0.717) is 18.9 Å². The van der Waals surface area contributed by atoms with Crippen LogP contribution < -0.4 is 5.32 Å². The number of aliphatic carboxylic acids is 1. The van der Waals surface area contributed by atoms with E-state index in [1.807, 2.05) is 0 Å². The van der Waals surface area contributed by atoms with Gasteiger partial charge in [0, 0.05) is 32.1 Å². The number of rotatable bonds is 7. The Bertz CT molecular complexity index is 596. The lowest BCUT2D eigenvalue weighted by Gasteiger charge is -2.32. The molecule has 2 heterocycles. The van der Waals surface area contributed by atoms with Crippen LogP contribution in [0, 0.1) is 0 Å². The van der Waals surface area contributed by atoms with E-state index < -0.39 is 12.1 Å². The number of hydrogen-bond donors (Lipinski definition) is 2. The van der Waals surface area contributed by atoms with Crippen LogP contribution in [0.2, 0.25) is 0 Å². The first-order valence-corrected chi connectivity index (χ1v) is 7.65. The summed E-state index contributed by atoms with van der Waals surface area (Å²) in [6.07, 6.45) is 3.93. The van der Waals surface area contributed by atoms with Crippen LogP contribution >= 0.6 is 0 Å². The van der Waals surface area contributed by atoms with Crippen molar-refractivity contribution >= 4 is 23.9 Å². The summed E-state index contributed by atoms with van der Waals surface area (Å²) in [4.78, 5) is 36.0. The maximum atomic E-state index is 12.1. The smallest absolute Gasteiger partial charge is 0.306 e. The molecule has 8 heteroatoms. The van der Waals surface area contributed by atoms with Crippen LogP contribution in [-0.4, -0.2) is 60.1 Å². The van der Waals surface area contributed by atoms with Gasteiger partial charge in [0.15, 0.2) is 0 Å². The van der Waals surface area contributed by atoms with Gasteiger partial charge in [0.05, 0.1) is 25.4 Å². The number of carbonyl (C=O) groups is 3. The summed E-state index contributed by atoms with van der Waals surface area (Å²) in [6, 6.07) is 3.44. The van der Waals surface area contributed by atoms with Gasteiger partial charge in [-0.25, -0.2) is 0 Å². The Morgan fingerprint density at radius 1 is 1.42 bits per heavy atom. The molecule has 1 fully saturated rings. The zero-order valence-corrected chi connectivity index (χ0v) is 13.1. The van der Waals surface area contributed by atoms with E-state index in [0.717, 1.165) is 0 Å². The number of morpholine rings is 1. The Labute approximate surface area is 139 Å². The van der Waals surface area contributed by atoms with Crippen molar-refractivity contribution in [1.29, 1.82) is 0 Å². The Morgan fingerprint density at radius 2 is 2.25 bits per heavy atom. The summed E-state index contributed by atoms with van der Waals surface area (Å²) in [5.74, 6) is -0.835. The molecular weight excluding hydrogens is 316 g/mol. The third kappa shape index (κ3) is 5.88. The second-order valence-corrected chi connectivity index (χ2v) is 5.32. The first kappa shape index (κ1) is 17.7. The van der Waals surface area contributed by atoms with E-state index in [2.05, 4.69) is 5.32 Å². The molecule has 2 N–H and O–H groups in total. The number of carbonyl (C=O) groups excluding carboxylic acids is 2. The molecule has 1 aromatic heterocycles. The average molecular weight is 336 g/mol. The molecule has 1 aliphatic heterocycles. The highest BCUT2D eigenvalue weighted by Crippen LogP contribution is 2.10. The van der Waals surface area contributed by atoms with E-state index in [-0.39, 0.29) is 37.7 Å². The number of nitrogens with zero attached hydrogens (tertiary/aromatic N) is 1. The average Bonchev–Trinajstić information content (AvgIpc) is 3.06. The minimum atomic E-state index is -0.954. The highest BCUT2D eigenvalue weighted by atomic mass is 16.5. The lowest BCUT2D eigenvalue weighted by atomic mass is 10.2. The predicted octanol–water partition coefficient (Wildman–Crippen LogP) is 0.501. The van der Waals surface area contributed by atoms with Crippen LogP contribution in [0.1, 0.15) is 18.6 Å². The zero-order chi connectivity index (χ0) is 17.4. The number of hydrogen-bond acceptors (Lipinski definition) is 5. The highest BCUT2D eigenvalue weighted by molar-refractivity contribution is 5.91. The minimum Gasteiger partial charge on any atom is -0.481 e. The van der Waals surface area contributed by atoms with Crippen LogP contribution in [0.25, 0.3) is 6.08 Å². The van der Waals surface area contributed by atoms with Crippen molar-refractivity contribution in [3.05, 3.63) is 30.2 Å². The van der Waals surface area contributed by atoms with Gasteiger partial charge in [0.2, 0.25) is 11.8 Å². The Morgan fingerprint density at radius 3 is 2.96 bits per heavy atom. The van der Waals surface area contributed by atoms with Gasteiger partial charge in [-0.1, -0.05) is 0 Å². The standard InChI is InChI=1S/C16H20N2O6/c19-14(4-3-12-2-1-8-23-12)17-6-5-15(20)18-7-9-24-13(11-18)10-16(21)22/h1-4,8,13H,5-7,9-11H2,(H,17,19)(H,21,22). The molecule has 0 radical (unpaired) electrons. The maximum Gasteiger partial charge on any atom is 0.306 e. The molecule has 1 aromatic rings. The number of nitrogens with one attached hydrogen (secondary N) is 1. The second kappa shape index (κ2) is 8.88. The molecule has 0 spiro atoms. The van der Waals surface area contributed by atoms with E-state index in [9.17, 15) is 14.4 Å². The fourth-order valence-electron chi connectivity index (χ4n) is 2.32. The first-order chi connectivity index (χ1) is 11.5. The molecule has 0 aliphatic carbocycles. The quantitative estimate of drug-likeness (QED) is 0.702. The maximum absolute atomic E-state index is 12.1. The van der Waals surface area contributed by atoms with Gasteiger partial charge < -0.3 is 24.5 Å². The van der Waals surface area contributed by atoms with Crippen molar-refractivity contribution in [1.82, 2.24) is 10.2 Å². The number of carboxylic acid groups (broad SMARTS) is 1. The molecule has 8 nitrogen and oxygen atoms in total. The van der Waals surface area contributed by atoms with Crippen LogP contribution in [0.15, 0.2) is 28.9 Å². The number of ether oxygens (including phenoxy) is 1. The van der Waals surface area contributed by atoms with Crippen molar-refractivity contribution < 1.29 is 28.6 Å². The summed E-state index contributed by atoms with van der Waals surface area (Å²) >= 11 is 0. The van der Waals surface area contributed by atoms with Gasteiger partial charge in [-0.3, -0.25) is 14.4 Å². The molecule has 1 saturated heterocycles. The van der Waals surface area contributed by atoms with Gasteiger partial charge >= 0.3 is 5.97 Å². The Balaban J connectivity index is 1.68. The topological polar surface area (TPSA) is 109 Å². The van der Waals surface area contributed by atoms with Crippen molar-refractivity contribution in [2.24, 2.45) is 0 Å². The Hall–Kier alpha value is -2.61. The largest absolute Gasteiger partial charge is 0.481 e. The van der Waals surface area contributed by atoms with Crippen molar-refractivity contribution in [3.63, 3.8) is 0 Å². The molecule has 1 atom stereocenters. The van der Waals surface area contributed by atoms with E-state index >= 15 is 0 Å². The number of amides is 2. The number of furan rings is 1. The lowest BCUT2D eigenvalue weighted by Crippen LogP contribution is -2.46. The monoisotopic (exact) mass is 336 g/mol. The van der Waals surface area contributed by atoms with E-state index in [4.69, 9.17) is 14.3 Å². The summed E-state index contributed by atoms with van der Waals surface area (Å²) in [5.41, 5.74) is 0. The fraction of sp³-hybridized carbons (Fsp3) is 0.438. The molecule has 2 amide bonds.